The third-order valence-corrected chi connectivity index (χ3v) is 8.09. The Hall–Kier alpha value is -3.43. The lowest BCUT2D eigenvalue weighted by molar-refractivity contribution is -0.140. The Morgan fingerprint density at radius 3 is 2.19 bits per heavy atom. The molecule has 3 rings (SSSR count). The predicted octanol–water partition coefficient (Wildman–Crippen LogP) is 4.54. The number of rotatable bonds is 10. The highest BCUT2D eigenvalue weighted by Gasteiger charge is 2.33. The third kappa shape index (κ3) is 6.67. The van der Waals surface area contributed by atoms with Crippen molar-refractivity contribution in [2.75, 3.05) is 17.9 Å². The summed E-state index contributed by atoms with van der Waals surface area (Å²) in [5.74, 6) is -1.56. The Kier molecular flexibility index (Phi) is 9.29. The maximum Gasteiger partial charge on any atom is 0.264 e. The molecule has 0 unspecified atom stereocenters. The minimum atomic E-state index is -4.26. The second kappa shape index (κ2) is 12.2. The summed E-state index contributed by atoms with van der Waals surface area (Å²) in [6.45, 7) is 3.04. The van der Waals surface area contributed by atoms with E-state index in [1.165, 1.54) is 11.9 Å². The van der Waals surface area contributed by atoms with Gasteiger partial charge in [-0.15, -0.1) is 0 Å². The van der Waals surface area contributed by atoms with Crippen LogP contribution in [0.4, 0.5) is 10.1 Å². The van der Waals surface area contributed by atoms with E-state index in [0.717, 1.165) is 34.1 Å². The largest absolute Gasteiger partial charge is 0.357 e. The van der Waals surface area contributed by atoms with E-state index in [9.17, 15) is 22.4 Å². The maximum absolute atomic E-state index is 13.8. The minimum Gasteiger partial charge on any atom is -0.357 e. The molecule has 0 heterocycles. The van der Waals surface area contributed by atoms with Crippen molar-refractivity contribution in [2.45, 2.75) is 37.8 Å². The Morgan fingerprint density at radius 1 is 1.00 bits per heavy atom. The van der Waals surface area contributed by atoms with Crippen molar-refractivity contribution in [1.29, 1.82) is 0 Å². The number of hydrogen-bond donors (Lipinski definition) is 1. The SMILES string of the molecule is CC[C@H](C(=O)NC)N(Cc1ccccc1Cl)C(=O)CN(c1ccc(C)cc1)S(=O)(=O)c1ccc(F)cc1. The van der Waals surface area contributed by atoms with Gasteiger partial charge in [0.05, 0.1) is 10.6 Å². The van der Waals surface area contributed by atoms with E-state index in [2.05, 4.69) is 5.32 Å². The van der Waals surface area contributed by atoms with E-state index < -0.39 is 34.3 Å². The molecule has 0 aromatic heterocycles. The van der Waals surface area contributed by atoms with Crippen LogP contribution in [0, 0.1) is 12.7 Å². The first-order valence-electron chi connectivity index (χ1n) is 11.7. The summed E-state index contributed by atoms with van der Waals surface area (Å²) in [5.41, 5.74) is 1.78. The summed E-state index contributed by atoms with van der Waals surface area (Å²) in [6.07, 6.45) is 0.297. The summed E-state index contributed by atoms with van der Waals surface area (Å²) in [7, 11) is -2.79. The number of likely N-dealkylation sites (N-methyl/N-ethyl adjacent to an activating group) is 1. The number of anilines is 1. The van der Waals surface area contributed by atoms with E-state index in [0.29, 0.717) is 17.0 Å². The molecule has 10 heteroatoms. The zero-order chi connectivity index (χ0) is 27.2. The van der Waals surface area contributed by atoms with Crippen molar-refractivity contribution in [3.8, 4) is 0 Å². The van der Waals surface area contributed by atoms with Crippen molar-refractivity contribution in [3.05, 3.63) is 94.8 Å². The number of nitrogens with one attached hydrogen (secondary N) is 1. The molecule has 0 bridgehead atoms. The molecule has 0 radical (unpaired) electrons. The number of hydrogen-bond acceptors (Lipinski definition) is 4. The molecule has 0 aliphatic heterocycles. The number of nitrogens with zero attached hydrogens (tertiary/aromatic N) is 2. The first-order chi connectivity index (χ1) is 17.6. The van der Waals surface area contributed by atoms with Gasteiger partial charge in [0.2, 0.25) is 11.8 Å². The molecular formula is C27H29ClFN3O4S. The molecule has 3 aromatic carbocycles. The van der Waals surface area contributed by atoms with Crippen molar-refractivity contribution in [3.63, 3.8) is 0 Å². The van der Waals surface area contributed by atoms with Crippen LogP contribution < -0.4 is 9.62 Å². The number of carbonyl (C=O) groups excluding carboxylic acids is 2. The number of carbonyl (C=O) groups is 2. The molecule has 7 nitrogen and oxygen atoms in total. The van der Waals surface area contributed by atoms with Gasteiger partial charge in [0.15, 0.2) is 0 Å². The molecule has 0 saturated heterocycles. The number of sulfonamides is 1. The second-order valence-corrected chi connectivity index (χ2v) is 10.7. The van der Waals surface area contributed by atoms with Crippen LogP contribution in [0.2, 0.25) is 5.02 Å². The smallest absolute Gasteiger partial charge is 0.264 e. The Morgan fingerprint density at radius 2 is 1.62 bits per heavy atom. The third-order valence-electron chi connectivity index (χ3n) is 5.93. The minimum absolute atomic E-state index is 0.00275. The highest BCUT2D eigenvalue weighted by atomic mass is 35.5. The zero-order valence-corrected chi connectivity index (χ0v) is 22.4. The number of benzene rings is 3. The molecule has 0 spiro atoms. The fraction of sp³-hybridized carbons (Fsp3) is 0.259. The van der Waals surface area contributed by atoms with Gasteiger partial charge in [0.25, 0.3) is 10.0 Å². The molecule has 2 amide bonds. The van der Waals surface area contributed by atoms with E-state index >= 15 is 0 Å². The summed E-state index contributed by atoms with van der Waals surface area (Å²) in [5, 5.41) is 2.99. The average molecular weight is 546 g/mol. The average Bonchev–Trinajstić information content (AvgIpc) is 2.88. The molecule has 1 N–H and O–H groups in total. The predicted molar refractivity (Wildman–Crippen MR) is 142 cm³/mol. The fourth-order valence-corrected chi connectivity index (χ4v) is 5.48. The molecule has 0 fully saturated rings. The number of halogens is 2. The fourth-order valence-electron chi connectivity index (χ4n) is 3.87. The van der Waals surface area contributed by atoms with Crippen LogP contribution in [0.5, 0.6) is 0 Å². The number of amides is 2. The lowest BCUT2D eigenvalue weighted by atomic mass is 10.1. The molecule has 0 aliphatic rings. The molecule has 1 atom stereocenters. The molecule has 196 valence electrons. The number of aryl methyl sites for hydroxylation is 1. The maximum atomic E-state index is 13.8. The van der Waals surface area contributed by atoms with E-state index in [1.807, 2.05) is 6.92 Å². The Labute approximate surface area is 221 Å². The molecule has 3 aromatic rings. The van der Waals surface area contributed by atoms with Crippen LogP contribution in [0.15, 0.2) is 77.7 Å². The van der Waals surface area contributed by atoms with Crippen LogP contribution in [0.25, 0.3) is 0 Å². The first-order valence-corrected chi connectivity index (χ1v) is 13.5. The highest BCUT2D eigenvalue weighted by Crippen LogP contribution is 2.26. The summed E-state index contributed by atoms with van der Waals surface area (Å²) in [6, 6.07) is 17.1. The lowest BCUT2D eigenvalue weighted by Gasteiger charge is -2.33. The molecule has 37 heavy (non-hydrogen) atoms. The molecule has 0 saturated carbocycles. The van der Waals surface area contributed by atoms with Crippen molar-refractivity contribution in [2.24, 2.45) is 0 Å². The Balaban J connectivity index is 2.06. The first kappa shape index (κ1) is 28.1. The van der Waals surface area contributed by atoms with Gasteiger partial charge in [-0.1, -0.05) is 54.4 Å². The normalized spacial score (nSPS) is 12.0. The molecule has 0 aliphatic carbocycles. The van der Waals surface area contributed by atoms with Crippen molar-refractivity contribution < 1.29 is 22.4 Å². The topological polar surface area (TPSA) is 86.8 Å². The quantitative estimate of drug-likeness (QED) is 0.405. The summed E-state index contributed by atoms with van der Waals surface area (Å²) < 4.78 is 41.8. The van der Waals surface area contributed by atoms with Gasteiger partial charge < -0.3 is 10.2 Å². The monoisotopic (exact) mass is 545 g/mol. The second-order valence-electron chi connectivity index (χ2n) is 8.45. The van der Waals surface area contributed by atoms with Crippen LogP contribution in [-0.2, 0) is 26.2 Å². The lowest BCUT2D eigenvalue weighted by Crippen LogP contribution is -2.51. The standard InChI is InChI=1S/C27H29ClFN3O4S/c1-4-25(27(34)30-3)31(17-20-7-5-6-8-24(20)28)26(33)18-32(22-13-9-19(2)10-14-22)37(35,36)23-15-11-21(29)12-16-23/h5-16,25H,4,17-18H2,1-3H3,(H,30,34)/t25-/m1/s1. The van der Waals surface area contributed by atoms with Gasteiger partial charge in [-0.05, 0) is 61.4 Å². The van der Waals surface area contributed by atoms with Crippen LogP contribution in [0.3, 0.4) is 0 Å². The van der Waals surface area contributed by atoms with Gasteiger partial charge in [-0.3, -0.25) is 13.9 Å². The summed E-state index contributed by atoms with van der Waals surface area (Å²) >= 11 is 6.34. The van der Waals surface area contributed by atoms with Crippen molar-refractivity contribution >= 4 is 39.1 Å². The van der Waals surface area contributed by atoms with Gasteiger partial charge in [0, 0.05) is 18.6 Å². The van der Waals surface area contributed by atoms with E-state index in [4.69, 9.17) is 11.6 Å². The highest BCUT2D eigenvalue weighted by molar-refractivity contribution is 7.92. The van der Waals surface area contributed by atoms with Crippen LogP contribution >= 0.6 is 11.6 Å². The Bertz CT molecular complexity index is 1350. The zero-order valence-electron chi connectivity index (χ0n) is 20.8. The summed E-state index contributed by atoms with van der Waals surface area (Å²) in [4.78, 5) is 27.7. The van der Waals surface area contributed by atoms with Crippen LogP contribution in [-0.4, -0.2) is 44.8 Å². The van der Waals surface area contributed by atoms with E-state index in [-0.39, 0.29) is 23.0 Å². The van der Waals surface area contributed by atoms with Gasteiger partial charge in [0.1, 0.15) is 18.4 Å². The van der Waals surface area contributed by atoms with E-state index in [1.54, 1.807) is 55.5 Å². The van der Waals surface area contributed by atoms with Gasteiger partial charge in [-0.25, -0.2) is 12.8 Å². The van der Waals surface area contributed by atoms with Gasteiger partial charge in [-0.2, -0.15) is 0 Å². The molecular weight excluding hydrogens is 517 g/mol. The van der Waals surface area contributed by atoms with Crippen LogP contribution in [0.1, 0.15) is 24.5 Å². The van der Waals surface area contributed by atoms with Gasteiger partial charge >= 0.3 is 0 Å². The van der Waals surface area contributed by atoms with Crippen molar-refractivity contribution in [1.82, 2.24) is 10.2 Å².